The van der Waals surface area contributed by atoms with E-state index >= 15 is 0 Å². The number of H-pyrrole nitrogens is 1. The number of nitrogens with one attached hydrogen (secondary N) is 1. The predicted molar refractivity (Wildman–Crippen MR) is 92.9 cm³/mol. The number of imidazole rings is 1. The van der Waals surface area contributed by atoms with Crippen molar-refractivity contribution in [1.29, 1.82) is 5.26 Å². The van der Waals surface area contributed by atoms with Crippen molar-refractivity contribution >= 4 is 22.7 Å². The average molecular weight is 332 g/mol. The number of nitrogens with zero attached hydrogens (tertiary/aromatic N) is 3. The van der Waals surface area contributed by atoms with Gasteiger partial charge in [-0.15, -0.1) is 0 Å². The smallest absolute Gasteiger partial charge is 0.253 e. The van der Waals surface area contributed by atoms with Gasteiger partial charge in [0.1, 0.15) is 5.82 Å². The van der Waals surface area contributed by atoms with Crippen LogP contribution in [-0.2, 0) is 4.79 Å². The average Bonchev–Trinajstić information content (AvgIpc) is 3.05. The molecule has 1 unspecified atom stereocenters. The maximum Gasteiger partial charge on any atom is 0.253 e. The number of hydrogen-bond donors (Lipinski definition) is 1. The highest BCUT2D eigenvalue weighted by Crippen LogP contribution is 2.18. The Morgan fingerprint density at radius 3 is 2.52 bits per heavy atom. The second-order valence-electron chi connectivity index (χ2n) is 5.69. The van der Waals surface area contributed by atoms with Crippen LogP contribution in [0.3, 0.4) is 0 Å². The Kier molecular flexibility index (Phi) is 4.57. The van der Waals surface area contributed by atoms with Crippen molar-refractivity contribution in [2.75, 3.05) is 13.6 Å². The first-order valence-corrected chi connectivity index (χ1v) is 7.77. The van der Waals surface area contributed by atoms with Gasteiger partial charge in [-0.05, 0) is 24.3 Å². The molecule has 1 N–H and O–H groups in total. The SMILES string of the molecule is CN(CC(=O)C(C#N)c1nc2ccccc2[nH]1)C(=O)c1ccccc1. The van der Waals surface area contributed by atoms with Crippen LogP contribution in [0, 0.1) is 11.3 Å². The molecule has 0 saturated heterocycles. The molecule has 0 saturated carbocycles. The molecule has 3 aromatic rings. The van der Waals surface area contributed by atoms with Crippen molar-refractivity contribution in [2.45, 2.75) is 5.92 Å². The van der Waals surface area contributed by atoms with E-state index in [2.05, 4.69) is 9.97 Å². The van der Waals surface area contributed by atoms with Crippen molar-refractivity contribution in [3.63, 3.8) is 0 Å². The molecule has 1 amide bonds. The Bertz CT molecular complexity index is 923. The zero-order valence-electron chi connectivity index (χ0n) is 13.6. The zero-order chi connectivity index (χ0) is 17.8. The fraction of sp³-hybridized carbons (Fsp3) is 0.158. The third-order valence-electron chi connectivity index (χ3n) is 3.89. The number of aromatic nitrogens is 2. The number of benzene rings is 2. The summed E-state index contributed by atoms with van der Waals surface area (Å²) in [6.45, 7) is -0.164. The number of Topliss-reactive ketones (excluding diaryl/α,β-unsaturated/α-hetero) is 1. The van der Waals surface area contributed by atoms with Crippen LogP contribution in [0.2, 0.25) is 0 Å². The van der Waals surface area contributed by atoms with Crippen LogP contribution in [0.1, 0.15) is 22.1 Å². The summed E-state index contributed by atoms with van der Waals surface area (Å²) in [5.41, 5.74) is 1.95. The van der Waals surface area contributed by atoms with Gasteiger partial charge in [-0.2, -0.15) is 5.26 Å². The molecular weight excluding hydrogens is 316 g/mol. The lowest BCUT2D eigenvalue weighted by Gasteiger charge is -2.17. The minimum absolute atomic E-state index is 0.164. The molecule has 0 aliphatic carbocycles. The van der Waals surface area contributed by atoms with Crippen LogP contribution >= 0.6 is 0 Å². The number of fused-ring (bicyclic) bond motifs is 1. The van der Waals surface area contributed by atoms with E-state index in [9.17, 15) is 14.9 Å². The van der Waals surface area contributed by atoms with Crippen LogP contribution in [-0.4, -0.2) is 40.2 Å². The first-order valence-electron chi connectivity index (χ1n) is 7.77. The van der Waals surface area contributed by atoms with Gasteiger partial charge < -0.3 is 9.88 Å². The van der Waals surface area contributed by atoms with Crippen LogP contribution in [0.4, 0.5) is 0 Å². The minimum atomic E-state index is -1.04. The topological polar surface area (TPSA) is 89.8 Å². The molecule has 0 aliphatic rings. The monoisotopic (exact) mass is 332 g/mol. The fourth-order valence-electron chi connectivity index (χ4n) is 2.59. The summed E-state index contributed by atoms with van der Waals surface area (Å²) >= 11 is 0. The molecule has 0 radical (unpaired) electrons. The standard InChI is InChI=1S/C19H16N4O2/c1-23(19(25)13-7-3-2-4-8-13)12-17(24)14(11-20)18-21-15-9-5-6-10-16(15)22-18/h2-10,14H,12H2,1H3,(H,21,22). The summed E-state index contributed by atoms with van der Waals surface area (Å²) < 4.78 is 0. The maximum atomic E-state index is 12.5. The summed E-state index contributed by atoms with van der Waals surface area (Å²) in [4.78, 5) is 33.5. The van der Waals surface area contributed by atoms with Gasteiger partial charge in [0, 0.05) is 12.6 Å². The molecule has 3 rings (SSSR count). The first kappa shape index (κ1) is 16.4. The molecule has 0 spiro atoms. The van der Waals surface area contributed by atoms with Gasteiger partial charge in [0.2, 0.25) is 0 Å². The van der Waals surface area contributed by atoms with E-state index in [1.807, 2.05) is 30.3 Å². The van der Waals surface area contributed by atoms with E-state index in [4.69, 9.17) is 0 Å². The Hall–Kier alpha value is -3.46. The number of carbonyl (C=O) groups excluding carboxylic acids is 2. The number of carbonyl (C=O) groups is 2. The maximum absolute atomic E-state index is 12.5. The van der Waals surface area contributed by atoms with E-state index in [0.717, 1.165) is 5.52 Å². The number of hydrogen-bond acceptors (Lipinski definition) is 4. The molecular formula is C19H16N4O2. The lowest BCUT2D eigenvalue weighted by Crippen LogP contribution is -2.34. The summed E-state index contributed by atoms with van der Waals surface area (Å²) in [5, 5.41) is 9.41. The van der Waals surface area contributed by atoms with Crippen molar-refractivity contribution < 1.29 is 9.59 Å². The lowest BCUT2D eigenvalue weighted by molar-refractivity contribution is -0.119. The number of para-hydroxylation sites is 2. The highest BCUT2D eigenvalue weighted by Gasteiger charge is 2.26. The second kappa shape index (κ2) is 6.97. The molecule has 6 nitrogen and oxygen atoms in total. The minimum Gasteiger partial charge on any atom is -0.340 e. The molecule has 1 atom stereocenters. The van der Waals surface area contributed by atoms with Crippen molar-refractivity contribution in [3.05, 3.63) is 66.0 Å². The van der Waals surface area contributed by atoms with Gasteiger partial charge in [0.05, 0.1) is 23.6 Å². The predicted octanol–water partition coefficient (Wildman–Crippen LogP) is 2.51. The Labute approximate surface area is 144 Å². The quantitative estimate of drug-likeness (QED) is 0.777. The fourth-order valence-corrected chi connectivity index (χ4v) is 2.59. The molecule has 6 heteroatoms. The van der Waals surface area contributed by atoms with Crippen LogP contribution < -0.4 is 0 Å². The Morgan fingerprint density at radius 2 is 1.84 bits per heavy atom. The van der Waals surface area contributed by atoms with Crippen LogP contribution in [0.5, 0.6) is 0 Å². The number of rotatable bonds is 5. The molecule has 2 aromatic carbocycles. The van der Waals surface area contributed by atoms with Gasteiger partial charge in [-0.25, -0.2) is 4.98 Å². The van der Waals surface area contributed by atoms with Gasteiger partial charge in [-0.1, -0.05) is 30.3 Å². The van der Waals surface area contributed by atoms with E-state index < -0.39 is 5.92 Å². The third-order valence-corrected chi connectivity index (χ3v) is 3.89. The molecule has 0 aliphatic heterocycles. The summed E-state index contributed by atoms with van der Waals surface area (Å²) in [7, 11) is 1.54. The lowest BCUT2D eigenvalue weighted by atomic mass is 10.0. The molecule has 0 bridgehead atoms. The zero-order valence-corrected chi connectivity index (χ0v) is 13.6. The third kappa shape index (κ3) is 3.40. The van der Waals surface area contributed by atoms with Crippen molar-refractivity contribution in [2.24, 2.45) is 0 Å². The summed E-state index contributed by atoms with van der Waals surface area (Å²) in [6.07, 6.45) is 0. The van der Waals surface area contributed by atoms with Crippen molar-refractivity contribution in [3.8, 4) is 6.07 Å². The van der Waals surface area contributed by atoms with Gasteiger partial charge >= 0.3 is 0 Å². The van der Waals surface area contributed by atoms with E-state index in [1.165, 1.54) is 4.90 Å². The van der Waals surface area contributed by atoms with Gasteiger partial charge in [0.25, 0.3) is 5.91 Å². The molecule has 0 fully saturated rings. The summed E-state index contributed by atoms with van der Waals surface area (Å²) in [6, 6.07) is 18.0. The Morgan fingerprint density at radius 1 is 1.16 bits per heavy atom. The number of amides is 1. The molecule has 1 aromatic heterocycles. The molecule has 124 valence electrons. The van der Waals surface area contributed by atoms with E-state index in [-0.39, 0.29) is 18.2 Å². The van der Waals surface area contributed by atoms with Gasteiger partial charge in [-0.3, -0.25) is 9.59 Å². The number of ketones is 1. The van der Waals surface area contributed by atoms with Crippen LogP contribution in [0.15, 0.2) is 54.6 Å². The Balaban J connectivity index is 1.76. The highest BCUT2D eigenvalue weighted by molar-refractivity contribution is 5.98. The number of aromatic amines is 1. The van der Waals surface area contributed by atoms with Crippen LogP contribution in [0.25, 0.3) is 11.0 Å². The largest absolute Gasteiger partial charge is 0.340 e. The van der Waals surface area contributed by atoms with E-state index in [0.29, 0.717) is 16.9 Å². The van der Waals surface area contributed by atoms with Gasteiger partial charge in [0.15, 0.2) is 11.7 Å². The second-order valence-corrected chi connectivity index (χ2v) is 5.69. The number of likely N-dealkylation sites (N-methyl/N-ethyl adjacent to an activating group) is 1. The first-order chi connectivity index (χ1) is 12.1. The number of nitriles is 1. The summed E-state index contributed by atoms with van der Waals surface area (Å²) in [5.74, 6) is -1.39. The highest BCUT2D eigenvalue weighted by atomic mass is 16.2. The van der Waals surface area contributed by atoms with E-state index in [1.54, 1.807) is 37.4 Å². The van der Waals surface area contributed by atoms with Crippen molar-refractivity contribution in [1.82, 2.24) is 14.9 Å². The normalized spacial score (nSPS) is 11.7. The molecule has 1 heterocycles. The molecule has 25 heavy (non-hydrogen) atoms.